The van der Waals surface area contributed by atoms with Gasteiger partial charge in [-0.15, -0.1) is 0 Å². The molecule has 2 N–H and O–H groups in total. The molecule has 4 aromatic rings. The molecule has 1 amide bonds. The van der Waals surface area contributed by atoms with Crippen LogP contribution >= 0.6 is 11.6 Å². The molecule has 0 aliphatic heterocycles. The van der Waals surface area contributed by atoms with Gasteiger partial charge < -0.3 is 10.6 Å². The summed E-state index contributed by atoms with van der Waals surface area (Å²) >= 11 is 6.01. The lowest BCUT2D eigenvalue weighted by Crippen LogP contribution is -2.12. The summed E-state index contributed by atoms with van der Waals surface area (Å²) in [4.78, 5) is 17.1. The van der Waals surface area contributed by atoms with Crippen LogP contribution in [0.2, 0.25) is 5.02 Å². The molecule has 0 fully saturated rings. The van der Waals surface area contributed by atoms with Crippen LogP contribution in [0, 0.1) is 0 Å². The number of amides is 1. The molecule has 0 saturated heterocycles. The Morgan fingerprint density at radius 2 is 1.93 bits per heavy atom. The van der Waals surface area contributed by atoms with Crippen LogP contribution in [0.5, 0.6) is 0 Å². The Balaban J connectivity index is 1.54. The Labute approximate surface area is 160 Å². The molecule has 0 spiro atoms. The minimum atomic E-state index is -0.254. The topological polar surface area (TPSA) is 71.3 Å². The van der Waals surface area contributed by atoms with Crippen LogP contribution < -0.4 is 10.6 Å². The number of para-hydroxylation sites is 1. The number of nitrogens with one attached hydrogen (secondary N) is 2. The average molecular weight is 378 g/mol. The molecule has 2 aromatic heterocycles. The maximum Gasteiger partial charge on any atom is 0.261 e. The molecule has 0 aliphatic carbocycles. The van der Waals surface area contributed by atoms with E-state index in [0.29, 0.717) is 28.6 Å². The lowest BCUT2D eigenvalue weighted by atomic mass is 10.2. The Bertz CT molecular complexity index is 1090. The SMILES string of the molecule is O=C(Nc1ccccc1)c1cnn2ccc(NCc3cccc(Cl)c3)nc12. The summed E-state index contributed by atoms with van der Waals surface area (Å²) in [6.07, 6.45) is 3.28. The molecule has 4 rings (SSSR count). The van der Waals surface area contributed by atoms with E-state index in [1.807, 2.05) is 60.7 Å². The van der Waals surface area contributed by atoms with Crippen molar-refractivity contribution in [3.05, 3.63) is 89.2 Å². The number of rotatable bonds is 5. The monoisotopic (exact) mass is 377 g/mol. The van der Waals surface area contributed by atoms with E-state index in [4.69, 9.17) is 11.6 Å². The molecule has 0 saturated carbocycles. The van der Waals surface area contributed by atoms with E-state index in [-0.39, 0.29) is 5.91 Å². The predicted molar refractivity (Wildman–Crippen MR) is 106 cm³/mol. The molecular formula is C20H16ClN5O. The second kappa shape index (κ2) is 7.47. The maximum atomic E-state index is 12.6. The van der Waals surface area contributed by atoms with E-state index in [2.05, 4.69) is 20.7 Å². The minimum absolute atomic E-state index is 0.254. The number of hydrogen-bond donors (Lipinski definition) is 2. The summed E-state index contributed by atoms with van der Waals surface area (Å²) in [6, 6.07) is 18.7. The first-order valence-corrected chi connectivity index (χ1v) is 8.76. The van der Waals surface area contributed by atoms with Crippen molar-refractivity contribution < 1.29 is 4.79 Å². The molecule has 0 radical (unpaired) electrons. The van der Waals surface area contributed by atoms with E-state index < -0.39 is 0 Å². The van der Waals surface area contributed by atoms with E-state index in [0.717, 1.165) is 11.3 Å². The number of aromatic nitrogens is 3. The predicted octanol–water partition coefficient (Wildman–Crippen LogP) is 4.25. The van der Waals surface area contributed by atoms with E-state index >= 15 is 0 Å². The van der Waals surface area contributed by atoms with Gasteiger partial charge in [-0.05, 0) is 35.9 Å². The van der Waals surface area contributed by atoms with Gasteiger partial charge in [-0.2, -0.15) is 5.10 Å². The molecule has 7 heteroatoms. The first kappa shape index (κ1) is 17.1. The third-order valence-electron chi connectivity index (χ3n) is 4.01. The Morgan fingerprint density at radius 3 is 2.74 bits per heavy atom. The van der Waals surface area contributed by atoms with Gasteiger partial charge in [0.25, 0.3) is 5.91 Å². The van der Waals surface area contributed by atoms with Gasteiger partial charge in [0.15, 0.2) is 5.65 Å². The summed E-state index contributed by atoms with van der Waals surface area (Å²) in [5, 5.41) is 11.0. The number of halogens is 1. The number of fused-ring (bicyclic) bond motifs is 1. The fourth-order valence-corrected chi connectivity index (χ4v) is 2.90. The summed E-state index contributed by atoms with van der Waals surface area (Å²) in [5.74, 6) is 0.396. The highest BCUT2D eigenvalue weighted by Gasteiger charge is 2.14. The van der Waals surface area contributed by atoms with Crippen molar-refractivity contribution in [2.75, 3.05) is 10.6 Å². The van der Waals surface area contributed by atoms with Gasteiger partial charge in [0.05, 0.1) is 6.20 Å². The molecule has 134 valence electrons. The highest BCUT2D eigenvalue weighted by atomic mass is 35.5. The zero-order valence-corrected chi connectivity index (χ0v) is 15.0. The molecule has 0 aliphatic rings. The van der Waals surface area contributed by atoms with E-state index in [1.54, 1.807) is 10.7 Å². The second-order valence-corrected chi connectivity index (χ2v) is 6.38. The van der Waals surface area contributed by atoms with Crippen molar-refractivity contribution in [1.29, 1.82) is 0 Å². The maximum absolute atomic E-state index is 12.6. The van der Waals surface area contributed by atoms with Gasteiger partial charge in [-0.3, -0.25) is 4.79 Å². The van der Waals surface area contributed by atoms with Gasteiger partial charge in [0, 0.05) is 23.5 Å². The standard InChI is InChI=1S/C20H16ClN5O/c21-15-6-4-5-14(11-15)12-22-18-9-10-26-19(25-18)17(13-23-26)20(27)24-16-7-2-1-3-8-16/h1-11,13H,12H2,(H,22,25)(H,24,27). The number of nitrogens with zero attached hydrogens (tertiary/aromatic N) is 3. The van der Waals surface area contributed by atoms with Gasteiger partial charge >= 0.3 is 0 Å². The minimum Gasteiger partial charge on any atom is -0.366 e. The zero-order valence-electron chi connectivity index (χ0n) is 14.3. The van der Waals surface area contributed by atoms with Crippen molar-refractivity contribution in [3.8, 4) is 0 Å². The fourth-order valence-electron chi connectivity index (χ4n) is 2.69. The summed E-state index contributed by atoms with van der Waals surface area (Å²) in [6.45, 7) is 0.573. The second-order valence-electron chi connectivity index (χ2n) is 5.94. The van der Waals surface area contributed by atoms with Crippen molar-refractivity contribution in [1.82, 2.24) is 14.6 Å². The van der Waals surface area contributed by atoms with Gasteiger partial charge in [-0.25, -0.2) is 9.50 Å². The highest BCUT2D eigenvalue weighted by molar-refractivity contribution is 6.30. The Kier molecular flexibility index (Phi) is 4.72. The van der Waals surface area contributed by atoms with E-state index in [9.17, 15) is 4.79 Å². The first-order chi connectivity index (χ1) is 13.2. The molecule has 0 unspecified atom stereocenters. The van der Waals surface area contributed by atoms with Crippen LogP contribution in [-0.2, 0) is 6.54 Å². The smallest absolute Gasteiger partial charge is 0.261 e. The number of benzene rings is 2. The summed E-state index contributed by atoms with van der Waals surface area (Å²) in [5.41, 5.74) is 2.65. The van der Waals surface area contributed by atoms with Crippen molar-refractivity contribution in [3.63, 3.8) is 0 Å². The van der Waals surface area contributed by atoms with E-state index in [1.165, 1.54) is 6.20 Å². The fraction of sp³-hybridized carbons (Fsp3) is 0.0500. The number of hydrogen-bond acceptors (Lipinski definition) is 4. The third-order valence-corrected chi connectivity index (χ3v) is 4.24. The molecule has 6 nitrogen and oxygen atoms in total. The van der Waals surface area contributed by atoms with Crippen LogP contribution in [0.3, 0.4) is 0 Å². The molecule has 2 aromatic carbocycles. The normalized spacial score (nSPS) is 10.7. The third kappa shape index (κ3) is 3.91. The van der Waals surface area contributed by atoms with Crippen LogP contribution in [0.25, 0.3) is 5.65 Å². The van der Waals surface area contributed by atoms with Crippen molar-refractivity contribution >= 4 is 34.7 Å². The molecule has 2 heterocycles. The van der Waals surface area contributed by atoms with Gasteiger partial charge in [0.1, 0.15) is 11.4 Å². The number of anilines is 2. The zero-order chi connectivity index (χ0) is 18.6. The van der Waals surface area contributed by atoms with Crippen molar-refractivity contribution in [2.24, 2.45) is 0 Å². The Morgan fingerprint density at radius 1 is 1.07 bits per heavy atom. The Hall–Kier alpha value is -3.38. The van der Waals surface area contributed by atoms with Crippen LogP contribution in [0.15, 0.2) is 73.1 Å². The summed E-state index contributed by atoms with van der Waals surface area (Å²) < 4.78 is 1.57. The van der Waals surface area contributed by atoms with Crippen LogP contribution in [0.4, 0.5) is 11.5 Å². The molecule has 0 bridgehead atoms. The molecule has 0 atom stereocenters. The quantitative estimate of drug-likeness (QED) is 0.545. The first-order valence-electron chi connectivity index (χ1n) is 8.38. The van der Waals surface area contributed by atoms with Crippen LogP contribution in [-0.4, -0.2) is 20.5 Å². The molecule has 27 heavy (non-hydrogen) atoms. The average Bonchev–Trinajstić information content (AvgIpc) is 3.10. The lowest BCUT2D eigenvalue weighted by molar-refractivity contribution is 0.102. The molecular weight excluding hydrogens is 362 g/mol. The number of carbonyl (C=O) groups excluding carboxylic acids is 1. The van der Waals surface area contributed by atoms with Gasteiger partial charge in [0.2, 0.25) is 0 Å². The highest BCUT2D eigenvalue weighted by Crippen LogP contribution is 2.16. The summed E-state index contributed by atoms with van der Waals surface area (Å²) in [7, 11) is 0. The van der Waals surface area contributed by atoms with Gasteiger partial charge in [-0.1, -0.05) is 41.9 Å². The largest absolute Gasteiger partial charge is 0.366 e. The number of carbonyl (C=O) groups is 1. The van der Waals surface area contributed by atoms with Crippen molar-refractivity contribution in [2.45, 2.75) is 6.54 Å². The lowest BCUT2D eigenvalue weighted by Gasteiger charge is -2.07. The van der Waals surface area contributed by atoms with Crippen LogP contribution in [0.1, 0.15) is 15.9 Å².